The summed E-state index contributed by atoms with van der Waals surface area (Å²) in [5, 5.41) is 2.86. The second kappa shape index (κ2) is 9.51. The van der Waals surface area contributed by atoms with E-state index < -0.39 is 37.9 Å². The molecule has 0 fully saturated rings. The first-order valence-corrected chi connectivity index (χ1v) is 14.0. The molecule has 2 aromatic carbocycles. The molecule has 2 N–H and O–H groups in total. The number of rotatable bonds is 8. The topological polar surface area (TPSA) is 109 Å². The van der Waals surface area contributed by atoms with Gasteiger partial charge in [0, 0.05) is 0 Å². The molecule has 0 spiro atoms. The average Bonchev–Trinajstić information content (AvgIpc) is 2.74. The smallest absolute Gasteiger partial charge is 0.241 e. The van der Waals surface area contributed by atoms with Crippen LogP contribution in [0.15, 0.2) is 64.4 Å². The first-order valence-electron chi connectivity index (χ1n) is 9.43. The van der Waals surface area contributed by atoms with E-state index in [0.717, 1.165) is 0 Å². The van der Waals surface area contributed by atoms with Gasteiger partial charge in [0.05, 0.1) is 21.6 Å². The molecule has 0 bridgehead atoms. The van der Waals surface area contributed by atoms with Crippen molar-refractivity contribution in [3.05, 3.63) is 60.2 Å². The predicted octanol–water partition coefficient (Wildman–Crippen LogP) is 2.12. The molecule has 3 rings (SSSR count). The van der Waals surface area contributed by atoms with Gasteiger partial charge in [0.2, 0.25) is 15.9 Å². The Morgan fingerprint density at radius 2 is 1.80 bits per heavy atom. The van der Waals surface area contributed by atoms with Crippen molar-refractivity contribution in [1.82, 2.24) is 10.0 Å². The van der Waals surface area contributed by atoms with Crippen molar-refractivity contribution in [3.8, 4) is 0 Å². The molecule has 1 aliphatic heterocycles. The van der Waals surface area contributed by atoms with Crippen molar-refractivity contribution in [2.75, 3.05) is 17.8 Å². The zero-order valence-corrected chi connectivity index (χ0v) is 18.9. The standard InChI is InChI=1S/C20H24N2O5S3/c1-28-13-11-18(22-30(26,27)15-7-3-2-4-8-15)20(23)21-17-12-14-29(24,25)19-10-6-5-9-16(17)19/h2-10,17-18,22H,11-14H2,1H3,(H,21,23)/t17-,18+/m1/s1. The summed E-state index contributed by atoms with van der Waals surface area (Å²) in [6.07, 6.45) is 2.43. The number of thioether (sulfide) groups is 1. The molecule has 0 aliphatic carbocycles. The van der Waals surface area contributed by atoms with Crippen molar-refractivity contribution < 1.29 is 21.6 Å². The molecule has 1 heterocycles. The molecule has 2 aromatic rings. The SMILES string of the molecule is CSCC[C@H](NS(=O)(=O)c1ccccc1)C(=O)N[C@@H]1CCS(=O)(=O)c2ccccc21. The summed E-state index contributed by atoms with van der Waals surface area (Å²) >= 11 is 1.51. The molecule has 0 unspecified atom stereocenters. The van der Waals surface area contributed by atoms with Gasteiger partial charge in [-0.15, -0.1) is 0 Å². The summed E-state index contributed by atoms with van der Waals surface area (Å²) < 4.78 is 52.6. The van der Waals surface area contributed by atoms with E-state index >= 15 is 0 Å². The molecule has 0 saturated carbocycles. The van der Waals surface area contributed by atoms with Crippen LogP contribution in [0, 0.1) is 0 Å². The lowest BCUT2D eigenvalue weighted by Crippen LogP contribution is -2.48. The Kier molecular flexibility index (Phi) is 7.22. The van der Waals surface area contributed by atoms with Gasteiger partial charge in [-0.2, -0.15) is 16.5 Å². The number of sulfonamides is 1. The lowest BCUT2D eigenvalue weighted by Gasteiger charge is -2.28. The van der Waals surface area contributed by atoms with E-state index in [1.54, 1.807) is 36.4 Å². The lowest BCUT2D eigenvalue weighted by molar-refractivity contribution is -0.123. The van der Waals surface area contributed by atoms with Crippen LogP contribution in [0.5, 0.6) is 0 Å². The Morgan fingerprint density at radius 1 is 1.13 bits per heavy atom. The molecule has 1 amide bonds. The van der Waals surface area contributed by atoms with Gasteiger partial charge < -0.3 is 5.32 Å². The summed E-state index contributed by atoms with van der Waals surface area (Å²) in [6.45, 7) is 0. The number of nitrogens with one attached hydrogen (secondary N) is 2. The molecular weight excluding hydrogens is 444 g/mol. The number of sulfone groups is 1. The van der Waals surface area contributed by atoms with E-state index in [4.69, 9.17) is 0 Å². The first kappa shape index (κ1) is 22.8. The Labute approximate surface area is 181 Å². The van der Waals surface area contributed by atoms with Crippen LogP contribution in [-0.4, -0.2) is 46.5 Å². The fraction of sp³-hybridized carbons (Fsp3) is 0.350. The minimum Gasteiger partial charge on any atom is -0.348 e. The van der Waals surface area contributed by atoms with E-state index in [0.29, 0.717) is 17.7 Å². The van der Waals surface area contributed by atoms with Gasteiger partial charge in [0.15, 0.2) is 9.84 Å². The maximum Gasteiger partial charge on any atom is 0.241 e. The van der Waals surface area contributed by atoms with Gasteiger partial charge in [-0.05, 0) is 48.6 Å². The molecule has 2 atom stereocenters. The van der Waals surface area contributed by atoms with E-state index in [1.807, 2.05) is 6.26 Å². The van der Waals surface area contributed by atoms with Crippen LogP contribution in [0.2, 0.25) is 0 Å². The third-order valence-corrected chi connectivity index (χ3v) is 8.85. The van der Waals surface area contributed by atoms with Gasteiger partial charge >= 0.3 is 0 Å². The second-order valence-electron chi connectivity index (χ2n) is 6.97. The van der Waals surface area contributed by atoms with Crippen LogP contribution >= 0.6 is 11.8 Å². The third kappa shape index (κ3) is 5.23. The fourth-order valence-corrected chi connectivity index (χ4v) is 6.69. The fourth-order valence-electron chi connectivity index (χ4n) is 3.35. The maximum absolute atomic E-state index is 13.0. The Bertz CT molecular complexity index is 1100. The van der Waals surface area contributed by atoms with Gasteiger partial charge in [0.1, 0.15) is 6.04 Å². The monoisotopic (exact) mass is 468 g/mol. The zero-order valence-electron chi connectivity index (χ0n) is 16.4. The quantitative estimate of drug-likeness (QED) is 0.614. The molecule has 30 heavy (non-hydrogen) atoms. The Hall–Kier alpha value is -1.88. The van der Waals surface area contributed by atoms with Crippen LogP contribution in [-0.2, 0) is 24.7 Å². The number of carbonyl (C=O) groups excluding carboxylic acids is 1. The number of hydrogen-bond acceptors (Lipinski definition) is 6. The normalized spacial score (nSPS) is 18.9. The number of hydrogen-bond donors (Lipinski definition) is 2. The van der Waals surface area contributed by atoms with Crippen LogP contribution in [0.3, 0.4) is 0 Å². The second-order valence-corrected chi connectivity index (χ2v) is 11.8. The van der Waals surface area contributed by atoms with Gasteiger partial charge in [0.25, 0.3) is 0 Å². The number of amides is 1. The largest absolute Gasteiger partial charge is 0.348 e. The maximum atomic E-state index is 13.0. The highest BCUT2D eigenvalue weighted by Gasteiger charge is 2.33. The first-order chi connectivity index (χ1) is 14.2. The molecule has 0 saturated heterocycles. The van der Waals surface area contributed by atoms with Crippen LogP contribution in [0.1, 0.15) is 24.4 Å². The van der Waals surface area contributed by atoms with E-state index in [9.17, 15) is 21.6 Å². The van der Waals surface area contributed by atoms with Crippen LogP contribution < -0.4 is 10.0 Å². The van der Waals surface area contributed by atoms with Crippen molar-refractivity contribution in [2.45, 2.75) is 34.7 Å². The summed E-state index contributed by atoms with van der Waals surface area (Å²) in [6, 6.07) is 13.0. The minimum atomic E-state index is -3.87. The summed E-state index contributed by atoms with van der Waals surface area (Å²) in [4.78, 5) is 13.3. The molecule has 0 radical (unpaired) electrons. The summed E-state index contributed by atoms with van der Waals surface area (Å²) in [5.74, 6) is 0.0493. The molecular formula is C20H24N2O5S3. The van der Waals surface area contributed by atoms with Crippen LogP contribution in [0.25, 0.3) is 0 Å². The predicted molar refractivity (Wildman–Crippen MR) is 118 cm³/mol. The molecule has 0 aromatic heterocycles. The lowest BCUT2D eigenvalue weighted by atomic mass is 10.0. The molecule has 10 heteroatoms. The van der Waals surface area contributed by atoms with Crippen molar-refractivity contribution >= 4 is 37.5 Å². The zero-order chi connectivity index (χ0) is 21.8. The molecule has 162 valence electrons. The highest BCUT2D eigenvalue weighted by Crippen LogP contribution is 2.32. The number of fused-ring (bicyclic) bond motifs is 1. The highest BCUT2D eigenvalue weighted by molar-refractivity contribution is 7.98. The minimum absolute atomic E-state index is 0.0693. The number of benzene rings is 2. The average molecular weight is 469 g/mol. The van der Waals surface area contributed by atoms with Gasteiger partial charge in [-0.25, -0.2) is 16.8 Å². The summed E-state index contributed by atoms with van der Waals surface area (Å²) in [7, 11) is -7.25. The Balaban J connectivity index is 1.81. The Morgan fingerprint density at radius 3 is 2.50 bits per heavy atom. The molecule has 7 nitrogen and oxygen atoms in total. The molecule has 1 aliphatic rings. The number of carbonyl (C=O) groups is 1. The van der Waals surface area contributed by atoms with E-state index in [1.165, 1.54) is 30.0 Å². The van der Waals surface area contributed by atoms with Crippen molar-refractivity contribution in [1.29, 1.82) is 0 Å². The van der Waals surface area contributed by atoms with E-state index in [2.05, 4.69) is 10.0 Å². The van der Waals surface area contributed by atoms with Gasteiger partial charge in [-0.1, -0.05) is 36.4 Å². The summed E-state index contributed by atoms with van der Waals surface area (Å²) in [5.41, 5.74) is 0.534. The van der Waals surface area contributed by atoms with Crippen LogP contribution in [0.4, 0.5) is 0 Å². The third-order valence-electron chi connectivity index (χ3n) is 4.90. The van der Waals surface area contributed by atoms with Crippen molar-refractivity contribution in [2.24, 2.45) is 0 Å². The van der Waals surface area contributed by atoms with E-state index in [-0.39, 0.29) is 22.0 Å². The van der Waals surface area contributed by atoms with Crippen molar-refractivity contribution in [3.63, 3.8) is 0 Å². The highest BCUT2D eigenvalue weighted by atomic mass is 32.2. The van der Waals surface area contributed by atoms with Gasteiger partial charge in [-0.3, -0.25) is 4.79 Å².